The molecule has 2 aromatic heterocycles. The Kier molecular flexibility index (Phi) is 4.56. The number of aryl methyl sites for hydroxylation is 1. The lowest BCUT2D eigenvalue weighted by Gasteiger charge is -2.09. The number of hydrogen-bond donors (Lipinski definition) is 1. The van der Waals surface area contributed by atoms with Gasteiger partial charge in [-0.1, -0.05) is 18.2 Å². The van der Waals surface area contributed by atoms with Crippen molar-refractivity contribution in [1.29, 1.82) is 0 Å². The van der Waals surface area contributed by atoms with Crippen molar-refractivity contribution in [2.24, 2.45) is 0 Å². The lowest BCUT2D eigenvalue weighted by molar-refractivity contribution is 0.101. The first-order valence-corrected chi connectivity index (χ1v) is 9.26. The maximum atomic E-state index is 13.1. The van der Waals surface area contributed by atoms with E-state index in [1.807, 2.05) is 48.7 Å². The minimum atomic E-state index is -0.349. The molecule has 0 bridgehead atoms. The number of nitrogens with one attached hydrogen (secondary N) is 1. The SMILES string of the molecule is Cc1cccc(-n2nc(-c3cccs3)cc2C(=O)Nc2ccc(F)cc2)c1. The van der Waals surface area contributed by atoms with Gasteiger partial charge in [-0.15, -0.1) is 11.3 Å². The summed E-state index contributed by atoms with van der Waals surface area (Å²) in [6.45, 7) is 1.99. The van der Waals surface area contributed by atoms with Crippen molar-refractivity contribution >= 4 is 22.9 Å². The Bertz CT molecular complexity index is 1090. The number of rotatable bonds is 4. The van der Waals surface area contributed by atoms with Crippen molar-refractivity contribution < 1.29 is 9.18 Å². The van der Waals surface area contributed by atoms with Crippen molar-refractivity contribution in [3.05, 3.63) is 89.2 Å². The van der Waals surface area contributed by atoms with Gasteiger partial charge in [0.1, 0.15) is 17.2 Å². The predicted molar refractivity (Wildman–Crippen MR) is 106 cm³/mol. The molecule has 0 unspecified atom stereocenters. The van der Waals surface area contributed by atoms with E-state index in [0.717, 1.165) is 21.8 Å². The smallest absolute Gasteiger partial charge is 0.274 e. The third-order valence-corrected chi connectivity index (χ3v) is 4.96. The first kappa shape index (κ1) is 17.2. The maximum Gasteiger partial charge on any atom is 0.274 e. The fraction of sp³-hybridized carbons (Fsp3) is 0.0476. The summed E-state index contributed by atoms with van der Waals surface area (Å²) in [5.74, 6) is -0.656. The molecular weight excluding hydrogens is 361 g/mol. The fourth-order valence-electron chi connectivity index (χ4n) is 2.77. The second-order valence-corrected chi connectivity index (χ2v) is 7.05. The summed E-state index contributed by atoms with van der Waals surface area (Å²) in [5.41, 5.74) is 3.55. The zero-order valence-electron chi connectivity index (χ0n) is 14.5. The van der Waals surface area contributed by atoms with Crippen molar-refractivity contribution in [2.75, 3.05) is 5.32 Å². The van der Waals surface area contributed by atoms with Crippen LogP contribution in [0.2, 0.25) is 0 Å². The average Bonchev–Trinajstić information content (AvgIpc) is 3.33. The van der Waals surface area contributed by atoms with Crippen LogP contribution in [0, 0.1) is 12.7 Å². The monoisotopic (exact) mass is 377 g/mol. The quantitative estimate of drug-likeness (QED) is 0.524. The molecule has 0 aliphatic rings. The van der Waals surface area contributed by atoms with Crippen LogP contribution in [0.15, 0.2) is 72.1 Å². The highest BCUT2D eigenvalue weighted by Gasteiger charge is 2.18. The maximum absolute atomic E-state index is 13.1. The molecule has 4 nitrogen and oxygen atoms in total. The van der Waals surface area contributed by atoms with Crippen LogP contribution in [-0.4, -0.2) is 15.7 Å². The van der Waals surface area contributed by atoms with Gasteiger partial charge in [0.2, 0.25) is 0 Å². The van der Waals surface area contributed by atoms with Gasteiger partial charge in [-0.25, -0.2) is 9.07 Å². The van der Waals surface area contributed by atoms with E-state index in [1.165, 1.54) is 24.3 Å². The van der Waals surface area contributed by atoms with E-state index in [1.54, 1.807) is 22.1 Å². The van der Waals surface area contributed by atoms with E-state index >= 15 is 0 Å². The Labute approximate surface area is 159 Å². The molecule has 0 aliphatic heterocycles. The van der Waals surface area contributed by atoms with E-state index in [0.29, 0.717) is 11.4 Å². The lowest BCUT2D eigenvalue weighted by atomic mass is 10.2. The summed E-state index contributed by atoms with van der Waals surface area (Å²) in [6.07, 6.45) is 0. The number of nitrogens with zero attached hydrogens (tertiary/aromatic N) is 2. The minimum absolute atomic E-state index is 0.307. The number of aromatic nitrogens is 2. The molecule has 6 heteroatoms. The van der Waals surface area contributed by atoms with Crippen LogP contribution in [0.3, 0.4) is 0 Å². The van der Waals surface area contributed by atoms with Crippen molar-refractivity contribution in [1.82, 2.24) is 9.78 Å². The first-order chi connectivity index (χ1) is 13.1. The summed E-state index contributed by atoms with van der Waals surface area (Å²) in [7, 11) is 0. The fourth-order valence-corrected chi connectivity index (χ4v) is 3.45. The van der Waals surface area contributed by atoms with Gasteiger partial charge in [0.25, 0.3) is 5.91 Å². The van der Waals surface area contributed by atoms with Crippen LogP contribution in [0.5, 0.6) is 0 Å². The first-order valence-electron chi connectivity index (χ1n) is 8.38. The summed E-state index contributed by atoms with van der Waals surface area (Å²) in [5, 5.41) is 9.42. The van der Waals surface area contributed by atoms with E-state index < -0.39 is 0 Å². The minimum Gasteiger partial charge on any atom is -0.321 e. The second-order valence-electron chi connectivity index (χ2n) is 6.10. The van der Waals surface area contributed by atoms with Gasteiger partial charge in [-0.05, 0) is 66.4 Å². The van der Waals surface area contributed by atoms with E-state index in [2.05, 4.69) is 10.4 Å². The topological polar surface area (TPSA) is 46.9 Å². The molecule has 2 aromatic carbocycles. The highest BCUT2D eigenvalue weighted by Crippen LogP contribution is 2.26. The molecule has 0 spiro atoms. The normalized spacial score (nSPS) is 10.7. The Morgan fingerprint density at radius 1 is 1.07 bits per heavy atom. The Morgan fingerprint density at radius 3 is 2.59 bits per heavy atom. The van der Waals surface area contributed by atoms with Crippen LogP contribution in [0.1, 0.15) is 16.1 Å². The summed E-state index contributed by atoms with van der Waals surface area (Å²) in [4.78, 5) is 13.9. The molecule has 4 aromatic rings. The highest BCUT2D eigenvalue weighted by atomic mass is 32.1. The molecule has 0 radical (unpaired) electrons. The van der Waals surface area contributed by atoms with Gasteiger partial charge < -0.3 is 5.32 Å². The molecule has 0 saturated heterocycles. The number of benzene rings is 2. The van der Waals surface area contributed by atoms with Gasteiger partial charge in [-0.2, -0.15) is 5.10 Å². The lowest BCUT2D eigenvalue weighted by Crippen LogP contribution is -2.17. The molecule has 0 atom stereocenters. The Morgan fingerprint density at radius 2 is 1.89 bits per heavy atom. The van der Waals surface area contributed by atoms with Crippen molar-refractivity contribution in [2.45, 2.75) is 6.92 Å². The molecule has 134 valence electrons. The van der Waals surface area contributed by atoms with Crippen LogP contribution >= 0.6 is 11.3 Å². The second kappa shape index (κ2) is 7.17. The molecule has 0 saturated carbocycles. The van der Waals surface area contributed by atoms with E-state index in [9.17, 15) is 9.18 Å². The van der Waals surface area contributed by atoms with E-state index in [-0.39, 0.29) is 11.7 Å². The molecular formula is C21H16FN3OS. The Hall–Kier alpha value is -3.25. The average molecular weight is 377 g/mol. The number of halogens is 1. The van der Waals surface area contributed by atoms with Gasteiger partial charge in [0.05, 0.1) is 10.6 Å². The molecule has 27 heavy (non-hydrogen) atoms. The zero-order valence-corrected chi connectivity index (χ0v) is 15.3. The van der Waals surface area contributed by atoms with Gasteiger partial charge in [-0.3, -0.25) is 4.79 Å². The molecule has 1 amide bonds. The summed E-state index contributed by atoms with van der Waals surface area (Å²) >= 11 is 1.56. The van der Waals surface area contributed by atoms with Gasteiger partial charge in [0.15, 0.2) is 0 Å². The number of carbonyl (C=O) groups excluding carboxylic acids is 1. The molecule has 4 rings (SSSR count). The van der Waals surface area contributed by atoms with Crippen LogP contribution < -0.4 is 5.32 Å². The number of thiophene rings is 1. The van der Waals surface area contributed by atoms with Crippen LogP contribution in [-0.2, 0) is 0 Å². The van der Waals surface area contributed by atoms with Gasteiger partial charge in [0, 0.05) is 5.69 Å². The zero-order chi connectivity index (χ0) is 18.8. The van der Waals surface area contributed by atoms with Crippen LogP contribution in [0.4, 0.5) is 10.1 Å². The largest absolute Gasteiger partial charge is 0.321 e. The number of amides is 1. The molecule has 0 aliphatic carbocycles. The standard InChI is InChI=1S/C21H16FN3OS/c1-14-4-2-5-17(12-14)25-19(13-18(24-25)20-6-3-11-27-20)21(26)23-16-9-7-15(22)8-10-16/h2-13H,1H3,(H,23,26). The predicted octanol–water partition coefficient (Wildman–Crippen LogP) is 5.30. The number of carbonyl (C=O) groups is 1. The Balaban J connectivity index is 1.75. The summed E-state index contributed by atoms with van der Waals surface area (Å²) < 4.78 is 14.7. The summed E-state index contributed by atoms with van der Waals surface area (Å²) in [6, 6.07) is 19.2. The van der Waals surface area contributed by atoms with E-state index in [4.69, 9.17) is 0 Å². The van der Waals surface area contributed by atoms with Gasteiger partial charge >= 0.3 is 0 Å². The highest BCUT2D eigenvalue weighted by molar-refractivity contribution is 7.13. The third kappa shape index (κ3) is 3.66. The van der Waals surface area contributed by atoms with Crippen molar-refractivity contribution in [3.8, 4) is 16.3 Å². The third-order valence-electron chi connectivity index (χ3n) is 4.06. The van der Waals surface area contributed by atoms with Crippen LogP contribution in [0.25, 0.3) is 16.3 Å². The number of hydrogen-bond acceptors (Lipinski definition) is 3. The molecule has 2 heterocycles. The van der Waals surface area contributed by atoms with Crippen molar-refractivity contribution in [3.63, 3.8) is 0 Å². The molecule has 1 N–H and O–H groups in total. The number of anilines is 1. The molecule has 0 fully saturated rings.